The quantitative estimate of drug-likeness (QED) is 0.762. The zero-order valence-electron chi connectivity index (χ0n) is 15.0. The van der Waals surface area contributed by atoms with Crippen LogP contribution in [0.5, 0.6) is 0 Å². The second-order valence-electron chi connectivity index (χ2n) is 7.59. The van der Waals surface area contributed by atoms with Gasteiger partial charge in [-0.15, -0.1) is 11.3 Å². The maximum absolute atomic E-state index is 13.6. The number of likely N-dealkylation sites (tertiary alicyclic amines) is 2. The number of aliphatic hydroxyl groups is 1. The average molecular weight is 397 g/mol. The lowest BCUT2D eigenvalue weighted by molar-refractivity contribution is -0.123. The molecule has 0 bridgehead atoms. The van der Waals surface area contributed by atoms with E-state index < -0.39 is 17.9 Å². The highest BCUT2D eigenvalue weighted by Gasteiger charge is 2.43. The molecule has 0 aromatic carbocycles. The van der Waals surface area contributed by atoms with Crippen molar-refractivity contribution in [2.75, 3.05) is 39.3 Å². The molecule has 2 amide bonds. The molecule has 7 nitrogen and oxygen atoms in total. The van der Waals surface area contributed by atoms with Gasteiger partial charge in [-0.3, -0.25) is 14.5 Å². The number of rotatable bonds is 3. The molecule has 3 aliphatic heterocycles. The Bertz CT molecular complexity index is 737. The number of thiophene rings is 1. The van der Waals surface area contributed by atoms with Gasteiger partial charge in [0.2, 0.25) is 5.91 Å². The lowest BCUT2D eigenvalue weighted by atomic mass is 9.85. The Balaban J connectivity index is 1.52. The zero-order valence-corrected chi connectivity index (χ0v) is 15.8. The molecule has 1 aromatic rings. The Kier molecular flexibility index (Phi) is 4.96. The van der Waals surface area contributed by atoms with Crippen molar-refractivity contribution in [3.63, 3.8) is 0 Å². The van der Waals surface area contributed by atoms with Crippen molar-refractivity contribution < 1.29 is 23.8 Å². The molecular weight excluding hydrogens is 373 g/mol. The number of halogens is 1. The first-order valence-corrected chi connectivity index (χ1v) is 10.1. The summed E-state index contributed by atoms with van der Waals surface area (Å²) in [5, 5.41) is 9.59. The Morgan fingerprint density at radius 1 is 1.37 bits per heavy atom. The van der Waals surface area contributed by atoms with Crippen molar-refractivity contribution in [2.24, 2.45) is 5.73 Å². The van der Waals surface area contributed by atoms with Gasteiger partial charge in [0.15, 0.2) is 0 Å². The number of carbonyl (C=O) groups excluding carboxylic acids is 2. The maximum Gasteiger partial charge on any atom is 0.264 e. The van der Waals surface area contributed by atoms with Crippen LogP contribution in [0.2, 0.25) is 0 Å². The molecule has 9 heteroatoms. The SMILES string of the molecule is NC(=O)CN1CCC2(CC1)OCCc1cc(C(=O)N3C[C@@H](O)[C@H](F)C3)sc12. The number of ether oxygens (including phenoxy) is 1. The third-order valence-corrected chi connectivity index (χ3v) is 7.08. The Hall–Kier alpha value is -1.55. The first-order valence-electron chi connectivity index (χ1n) is 9.27. The van der Waals surface area contributed by atoms with Crippen molar-refractivity contribution in [3.05, 3.63) is 21.4 Å². The highest BCUT2D eigenvalue weighted by atomic mass is 32.1. The van der Waals surface area contributed by atoms with Crippen LogP contribution in [0.4, 0.5) is 4.39 Å². The third kappa shape index (κ3) is 3.49. The second-order valence-corrected chi connectivity index (χ2v) is 8.65. The molecule has 27 heavy (non-hydrogen) atoms. The number of carbonyl (C=O) groups is 2. The molecule has 4 rings (SSSR count). The summed E-state index contributed by atoms with van der Waals surface area (Å²) < 4.78 is 19.8. The Morgan fingerprint density at radius 3 is 2.74 bits per heavy atom. The fourth-order valence-corrected chi connectivity index (χ4v) is 5.64. The average Bonchev–Trinajstić information content (AvgIpc) is 3.21. The van der Waals surface area contributed by atoms with E-state index >= 15 is 0 Å². The molecule has 2 atom stereocenters. The van der Waals surface area contributed by atoms with Crippen LogP contribution in [-0.4, -0.2) is 78.3 Å². The van der Waals surface area contributed by atoms with Crippen LogP contribution in [0.15, 0.2) is 6.07 Å². The predicted molar refractivity (Wildman–Crippen MR) is 97.3 cm³/mol. The molecule has 2 fully saturated rings. The van der Waals surface area contributed by atoms with Crippen molar-refractivity contribution >= 4 is 23.2 Å². The number of β-amino-alcohol motifs (C(OH)–C–C–N with tert-alkyl or cyclic N) is 1. The number of hydrogen-bond acceptors (Lipinski definition) is 6. The standard InChI is InChI=1S/C18H24FN3O4S/c19-12-8-22(9-13(12)23)17(25)14-7-11-1-6-26-18(16(11)27-14)2-4-21(5-3-18)10-15(20)24/h7,12-13,23H,1-6,8-10H2,(H2,20,24)/t12-,13-/m1/s1. The molecular formula is C18H24FN3O4S. The first kappa shape index (κ1) is 18.8. The number of nitrogens with zero attached hydrogens (tertiary/aromatic N) is 2. The van der Waals surface area contributed by atoms with Gasteiger partial charge < -0.3 is 20.5 Å². The van der Waals surface area contributed by atoms with E-state index in [9.17, 15) is 19.1 Å². The van der Waals surface area contributed by atoms with E-state index in [2.05, 4.69) is 0 Å². The minimum Gasteiger partial charge on any atom is -0.388 e. The highest BCUT2D eigenvalue weighted by molar-refractivity contribution is 7.14. The Labute approximate surface area is 160 Å². The van der Waals surface area contributed by atoms with Gasteiger partial charge in [-0.25, -0.2) is 4.39 Å². The highest BCUT2D eigenvalue weighted by Crippen LogP contribution is 2.45. The number of aliphatic hydroxyl groups excluding tert-OH is 1. The molecule has 3 N–H and O–H groups in total. The summed E-state index contributed by atoms with van der Waals surface area (Å²) in [6.45, 7) is 2.25. The molecule has 1 aromatic heterocycles. The van der Waals surface area contributed by atoms with Gasteiger partial charge in [0.25, 0.3) is 5.91 Å². The minimum atomic E-state index is -1.38. The van der Waals surface area contributed by atoms with Crippen LogP contribution in [-0.2, 0) is 21.6 Å². The van der Waals surface area contributed by atoms with Gasteiger partial charge in [0.1, 0.15) is 17.9 Å². The fourth-order valence-electron chi connectivity index (χ4n) is 4.26. The smallest absolute Gasteiger partial charge is 0.264 e. The van der Waals surface area contributed by atoms with E-state index in [1.807, 2.05) is 11.0 Å². The lowest BCUT2D eigenvalue weighted by Crippen LogP contribution is -2.48. The van der Waals surface area contributed by atoms with Crippen LogP contribution >= 0.6 is 11.3 Å². The number of alkyl halides is 1. The largest absolute Gasteiger partial charge is 0.388 e. The summed E-state index contributed by atoms with van der Waals surface area (Å²) in [5.41, 5.74) is 5.99. The van der Waals surface area contributed by atoms with Gasteiger partial charge in [-0.1, -0.05) is 0 Å². The van der Waals surface area contributed by atoms with Crippen LogP contribution in [0, 0.1) is 0 Å². The molecule has 0 unspecified atom stereocenters. The molecule has 4 heterocycles. The Morgan fingerprint density at radius 2 is 2.11 bits per heavy atom. The summed E-state index contributed by atoms with van der Waals surface area (Å²) in [6, 6.07) is 1.90. The van der Waals surface area contributed by atoms with Gasteiger partial charge in [-0.05, 0) is 30.9 Å². The van der Waals surface area contributed by atoms with Gasteiger partial charge in [-0.2, -0.15) is 0 Å². The number of nitrogens with two attached hydrogens (primary N) is 1. The second kappa shape index (κ2) is 7.12. The fraction of sp³-hybridized carbons (Fsp3) is 0.667. The van der Waals surface area contributed by atoms with E-state index in [0.717, 1.165) is 29.7 Å². The predicted octanol–water partition coefficient (Wildman–Crippen LogP) is 0.252. The maximum atomic E-state index is 13.6. The van der Waals surface area contributed by atoms with Gasteiger partial charge >= 0.3 is 0 Å². The third-order valence-electron chi connectivity index (χ3n) is 5.73. The number of piperidine rings is 1. The number of primary amides is 1. The first-order chi connectivity index (χ1) is 12.9. The van der Waals surface area contributed by atoms with E-state index in [4.69, 9.17) is 10.5 Å². The molecule has 0 radical (unpaired) electrons. The number of hydrogen-bond donors (Lipinski definition) is 2. The molecule has 0 aliphatic carbocycles. The summed E-state index contributed by atoms with van der Waals surface area (Å²) in [6.07, 6.45) is -0.242. The van der Waals surface area contributed by atoms with Crippen LogP contribution in [0.1, 0.15) is 33.0 Å². The zero-order chi connectivity index (χ0) is 19.2. The van der Waals surface area contributed by atoms with E-state index in [-0.39, 0.29) is 31.4 Å². The van der Waals surface area contributed by atoms with Crippen LogP contribution in [0.25, 0.3) is 0 Å². The summed E-state index contributed by atoms with van der Waals surface area (Å²) >= 11 is 1.42. The lowest BCUT2D eigenvalue weighted by Gasteiger charge is -2.43. The molecule has 148 valence electrons. The van der Waals surface area contributed by atoms with E-state index in [1.54, 1.807) is 0 Å². The number of amides is 2. The molecule has 3 aliphatic rings. The van der Waals surface area contributed by atoms with Gasteiger partial charge in [0, 0.05) is 24.5 Å². The molecule has 2 saturated heterocycles. The normalized spacial score (nSPS) is 27.7. The van der Waals surface area contributed by atoms with Crippen molar-refractivity contribution in [1.29, 1.82) is 0 Å². The van der Waals surface area contributed by atoms with Crippen molar-refractivity contribution in [3.8, 4) is 0 Å². The molecule has 0 saturated carbocycles. The summed E-state index contributed by atoms with van der Waals surface area (Å²) in [7, 11) is 0. The van der Waals surface area contributed by atoms with E-state index in [1.165, 1.54) is 16.2 Å². The van der Waals surface area contributed by atoms with Crippen molar-refractivity contribution in [2.45, 2.75) is 37.1 Å². The van der Waals surface area contributed by atoms with Gasteiger partial charge in [0.05, 0.1) is 24.6 Å². The monoisotopic (exact) mass is 397 g/mol. The van der Waals surface area contributed by atoms with E-state index in [0.29, 0.717) is 24.6 Å². The summed E-state index contributed by atoms with van der Waals surface area (Å²) in [5.74, 6) is -0.561. The number of fused-ring (bicyclic) bond motifs is 2. The van der Waals surface area contributed by atoms with Crippen molar-refractivity contribution in [1.82, 2.24) is 9.80 Å². The summed E-state index contributed by atoms with van der Waals surface area (Å²) in [4.78, 5) is 29.0. The topological polar surface area (TPSA) is 96.1 Å². The molecule has 1 spiro atoms. The van der Waals surface area contributed by atoms with Crippen LogP contribution < -0.4 is 5.73 Å². The minimum absolute atomic E-state index is 0.0340. The van der Waals surface area contributed by atoms with Crippen LogP contribution in [0.3, 0.4) is 0 Å².